The third kappa shape index (κ3) is 5.08. The Bertz CT molecular complexity index is 1110. The second-order valence-corrected chi connectivity index (χ2v) is 8.54. The fourth-order valence-corrected chi connectivity index (χ4v) is 3.72. The summed E-state index contributed by atoms with van der Waals surface area (Å²) in [5.41, 5.74) is -1.39. The van der Waals surface area contributed by atoms with E-state index in [1.807, 2.05) is 4.98 Å². The smallest absolute Gasteiger partial charge is 0.353 e. The molecule has 0 spiro atoms. The van der Waals surface area contributed by atoms with E-state index in [0.29, 0.717) is 0 Å². The largest absolute Gasteiger partial charge is 0.452 e. The van der Waals surface area contributed by atoms with Gasteiger partial charge in [-0.15, -0.1) is 0 Å². The van der Waals surface area contributed by atoms with Crippen molar-refractivity contribution in [3.8, 4) is 0 Å². The molecule has 12 heteroatoms. The maximum Gasteiger partial charge on any atom is 0.353 e. The number of nitrogens with one attached hydrogen (secondary N) is 1. The van der Waals surface area contributed by atoms with Crippen molar-refractivity contribution >= 4 is 13.6 Å². The lowest BCUT2D eigenvalue weighted by Gasteiger charge is -2.18. The van der Waals surface area contributed by atoms with Crippen LogP contribution < -0.4 is 11.2 Å². The second-order valence-electron chi connectivity index (χ2n) is 6.44. The molecule has 2 heterocycles. The van der Waals surface area contributed by atoms with E-state index in [4.69, 9.17) is 18.5 Å². The second kappa shape index (κ2) is 9.52. The van der Waals surface area contributed by atoms with E-state index in [9.17, 15) is 18.9 Å². The molecule has 1 aliphatic rings. The van der Waals surface area contributed by atoms with Crippen LogP contribution in [0.4, 0.5) is 4.39 Å². The van der Waals surface area contributed by atoms with E-state index in [2.05, 4.69) is 0 Å². The summed E-state index contributed by atoms with van der Waals surface area (Å²) in [6, 6.07) is 8.93. The Balaban J connectivity index is 1.93. The number of carbonyl (C=O) groups is 1. The number of aromatic nitrogens is 2. The van der Waals surface area contributed by atoms with Gasteiger partial charge in [0.05, 0.1) is 5.56 Å². The van der Waals surface area contributed by atoms with E-state index < -0.39 is 49.4 Å². The van der Waals surface area contributed by atoms with Crippen LogP contribution in [-0.4, -0.2) is 48.1 Å². The van der Waals surface area contributed by atoms with E-state index in [1.54, 1.807) is 18.2 Å². The lowest BCUT2D eigenvalue weighted by molar-refractivity contribution is -0.0103. The molecular formula is C19H20FN2O8P. The summed E-state index contributed by atoms with van der Waals surface area (Å²) in [5.74, 6) is 0.234. The molecule has 1 aliphatic heterocycles. The molecule has 1 aromatic carbocycles. The Labute approximate surface area is 175 Å². The van der Waals surface area contributed by atoms with Crippen LogP contribution in [0.2, 0.25) is 0 Å². The van der Waals surface area contributed by atoms with Crippen molar-refractivity contribution in [1.82, 2.24) is 9.55 Å². The van der Waals surface area contributed by atoms with Gasteiger partial charge in [-0.1, -0.05) is 18.2 Å². The van der Waals surface area contributed by atoms with E-state index in [1.165, 1.54) is 18.2 Å². The van der Waals surface area contributed by atoms with Gasteiger partial charge >= 0.3 is 19.3 Å². The van der Waals surface area contributed by atoms with Gasteiger partial charge in [0.2, 0.25) is 0 Å². The maximum absolute atomic E-state index is 15.3. The van der Waals surface area contributed by atoms with Crippen LogP contribution in [0.3, 0.4) is 0 Å². The van der Waals surface area contributed by atoms with E-state index in [-0.39, 0.29) is 5.56 Å². The minimum atomic E-state index is -3.62. The van der Waals surface area contributed by atoms with Crippen molar-refractivity contribution < 1.29 is 32.3 Å². The van der Waals surface area contributed by atoms with Gasteiger partial charge in [0.15, 0.2) is 18.5 Å². The first-order valence-corrected chi connectivity index (χ1v) is 10.7. The molecule has 0 radical (unpaired) electrons. The number of alkyl halides is 1. The van der Waals surface area contributed by atoms with Crippen molar-refractivity contribution in [2.45, 2.75) is 24.6 Å². The lowest BCUT2D eigenvalue weighted by Crippen LogP contribution is -2.37. The first kappa shape index (κ1) is 22.8. The number of hydrogen-bond donors (Lipinski definition) is 1. The number of carbonyl (C=O) groups excluding carboxylic acids is 1. The van der Waals surface area contributed by atoms with Gasteiger partial charge in [-0.2, -0.15) is 0 Å². The summed E-state index contributed by atoms with van der Waals surface area (Å²) in [6.07, 6.45) is -3.98. The number of benzene rings is 1. The van der Waals surface area contributed by atoms with Crippen LogP contribution in [-0.2, 0) is 23.1 Å². The molecule has 0 amide bonds. The fourth-order valence-electron chi connectivity index (χ4n) is 2.94. The van der Waals surface area contributed by atoms with Crippen molar-refractivity contribution in [2.75, 3.05) is 14.2 Å². The molecule has 166 valence electrons. The number of halogens is 1. The fraction of sp³-hybridized carbons (Fsp3) is 0.316. The van der Waals surface area contributed by atoms with Crippen LogP contribution >= 0.6 is 7.60 Å². The number of aromatic amines is 1. The number of esters is 1. The van der Waals surface area contributed by atoms with Gasteiger partial charge in [-0.05, 0) is 18.2 Å². The topological polar surface area (TPSA) is 126 Å². The average molecular weight is 454 g/mol. The van der Waals surface area contributed by atoms with Gasteiger partial charge in [0.25, 0.3) is 5.56 Å². The third-order valence-electron chi connectivity index (χ3n) is 4.55. The average Bonchev–Trinajstić information content (AvgIpc) is 3.08. The van der Waals surface area contributed by atoms with E-state index in [0.717, 1.165) is 36.9 Å². The first-order valence-electron chi connectivity index (χ1n) is 9.05. The van der Waals surface area contributed by atoms with Crippen LogP contribution in [0.5, 0.6) is 0 Å². The monoisotopic (exact) mass is 454 g/mol. The zero-order chi connectivity index (χ0) is 22.6. The number of nitrogens with zero attached hydrogens (tertiary/aromatic N) is 1. The zero-order valence-corrected chi connectivity index (χ0v) is 17.4. The standard InChI is InChI=1S/C19H20FN2O8P/c1-27-31(26,28-2)11-9-13-16(30-18(24)12-6-4-3-5-7-12)15(20)17(29-13)22-10-8-14(23)21-19(22)25/h3-11,13,15-17H,1-2H3,(H,21,23,25)/b11-9+/t13?,15-,16-,17-/m1/s1. The number of rotatable bonds is 7. The van der Waals surface area contributed by atoms with Gasteiger partial charge in [0.1, 0.15) is 6.10 Å². The molecule has 1 unspecified atom stereocenters. The third-order valence-corrected chi connectivity index (χ3v) is 6.11. The summed E-state index contributed by atoms with van der Waals surface area (Å²) < 4.78 is 48.9. The van der Waals surface area contributed by atoms with Gasteiger partial charge in [0, 0.05) is 32.3 Å². The predicted molar refractivity (Wildman–Crippen MR) is 107 cm³/mol. The van der Waals surface area contributed by atoms with Gasteiger partial charge in [-0.25, -0.2) is 14.0 Å². The Morgan fingerprint density at radius 2 is 1.87 bits per heavy atom. The molecule has 2 aromatic rings. The first-order chi connectivity index (χ1) is 14.8. The quantitative estimate of drug-likeness (QED) is 0.497. The SMILES string of the molecule is COP(=O)(/C=C/C1O[C@@H](n2ccc(=O)[nH]c2=O)[C@H](F)[C@@H]1OC(=O)c1ccccc1)OC. The zero-order valence-electron chi connectivity index (χ0n) is 16.5. The highest BCUT2D eigenvalue weighted by Crippen LogP contribution is 2.48. The summed E-state index contributed by atoms with van der Waals surface area (Å²) in [5, 5.41) is 0. The Morgan fingerprint density at radius 3 is 2.48 bits per heavy atom. The molecule has 1 aromatic heterocycles. The maximum atomic E-state index is 15.3. The molecule has 0 bridgehead atoms. The summed E-state index contributed by atoms with van der Waals surface area (Å²) in [7, 11) is -1.29. The predicted octanol–water partition coefficient (Wildman–Crippen LogP) is 2.00. The summed E-state index contributed by atoms with van der Waals surface area (Å²) in [6.45, 7) is 0. The van der Waals surface area contributed by atoms with Crippen LogP contribution in [0, 0.1) is 0 Å². The Morgan fingerprint density at radius 1 is 1.19 bits per heavy atom. The molecule has 31 heavy (non-hydrogen) atoms. The molecule has 1 saturated heterocycles. The molecule has 10 nitrogen and oxygen atoms in total. The Kier molecular flexibility index (Phi) is 7.01. The number of hydrogen-bond acceptors (Lipinski definition) is 8. The highest BCUT2D eigenvalue weighted by molar-refractivity contribution is 7.57. The van der Waals surface area contributed by atoms with Crippen molar-refractivity contribution in [2.24, 2.45) is 0 Å². The molecule has 3 rings (SSSR count). The lowest BCUT2D eigenvalue weighted by atomic mass is 10.1. The van der Waals surface area contributed by atoms with Crippen LogP contribution in [0.1, 0.15) is 16.6 Å². The number of H-pyrrole nitrogens is 1. The highest BCUT2D eigenvalue weighted by Gasteiger charge is 2.48. The Hall–Kier alpha value is -2.85. The van der Waals surface area contributed by atoms with Gasteiger partial charge in [-0.3, -0.25) is 18.9 Å². The minimum Gasteiger partial charge on any atom is -0.452 e. The van der Waals surface area contributed by atoms with Crippen LogP contribution in [0.25, 0.3) is 0 Å². The minimum absolute atomic E-state index is 0.182. The summed E-state index contributed by atoms with van der Waals surface area (Å²) in [4.78, 5) is 37.9. The molecule has 1 N–H and O–H groups in total. The van der Waals surface area contributed by atoms with Crippen molar-refractivity contribution in [3.63, 3.8) is 0 Å². The molecular weight excluding hydrogens is 434 g/mol. The van der Waals surface area contributed by atoms with Crippen molar-refractivity contribution in [3.05, 3.63) is 80.9 Å². The summed E-state index contributed by atoms with van der Waals surface area (Å²) >= 11 is 0. The van der Waals surface area contributed by atoms with E-state index >= 15 is 4.39 Å². The van der Waals surface area contributed by atoms with Crippen molar-refractivity contribution in [1.29, 1.82) is 0 Å². The highest BCUT2D eigenvalue weighted by atomic mass is 31.2. The molecule has 1 fully saturated rings. The van der Waals surface area contributed by atoms with Crippen LogP contribution in [0.15, 0.2) is 64.1 Å². The molecule has 0 aliphatic carbocycles. The normalized spacial score (nSPS) is 23.8. The van der Waals surface area contributed by atoms with Gasteiger partial charge < -0.3 is 18.5 Å². The molecule has 4 atom stereocenters. The molecule has 0 saturated carbocycles. The number of ether oxygens (including phenoxy) is 2.